The predicted molar refractivity (Wildman–Crippen MR) is 63.8 cm³/mol. The van der Waals surface area contributed by atoms with Crippen LogP contribution in [0.15, 0.2) is 0 Å². The highest BCUT2D eigenvalue weighted by Gasteiger charge is 2.14. The lowest BCUT2D eigenvalue weighted by Gasteiger charge is -2.31. The first-order chi connectivity index (χ1) is 7.36. The van der Waals surface area contributed by atoms with Gasteiger partial charge in [-0.3, -0.25) is 4.90 Å². The molecule has 0 aliphatic carbocycles. The molecule has 1 heterocycles. The molecule has 5 heteroatoms. The van der Waals surface area contributed by atoms with Crippen molar-refractivity contribution in [3.63, 3.8) is 0 Å². The Morgan fingerprint density at radius 3 is 2.53 bits per heavy atom. The van der Waals surface area contributed by atoms with Gasteiger partial charge in [0.15, 0.2) is 0 Å². The summed E-state index contributed by atoms with van der Waals surface area (Å²) in [5, 5.41) is 6.81. The van der Waals surface area contributed by atoms with E-state index >= 15 is 0 Å². The molecule has 0 aromatic rings. The largest absolute Gasteiger partial charge is 0.330 e. The van der Waals surface area contributed by atoms with Crippen molar-refractivity contribution in [2.75, 3.05) is 52.4 Å². The van der Waals surface area contributed by atoms with E-state index in [1.165, 1.54) is 0 Å². The van der Waals surface area contributed by atoms with E-state index in [0.717, 1.165) is 52.2 Å². The number of nitrogens with one attached hydrogen (secondary N) is 2. The highest BCUT2D eigenvalue weighted by atomic mass is 15.2. The van der Waals surface area contributed by atoms with E-state index in [9.17, 15) is 0 Å². The molecule has 0 amide bonds. The molecule has 0 bridgehead atoms. The van der Waals surface area contributed by atoms with Gasteiger partial charge in [0.2, 0.25) is 0 Å². The number of hydrogen-bond acceptors (Lipinski definition) is 5. The summed E-state index contributed by atoms with van der Waals surface area (Å²) in [4.78, 5) is 2.49. The molecule has 1 saturated heterocycles. The third kappa shape index (κ3) is 5.44. The molecule has 90 valence electrons. The molecular weight excluding hydrogens is 190 g/mol. The molecule has 0 spiro atoms. The Morgan fingerprint density at radius 2 is 1.93 bits per heavy atom. The summed E-state index contributed by atoms with van der Waals surface area (Å²) in [5.74, 6) is 0. The number of piperazine rings is 1. The van der Waals surface area contributed by atoms with E-state index in [1.54, 1.807) is 0 Å². The van der Waals surface area contributed by atoms with Crippen molar-refractivity contribution >= 4 is 0 Å². The second-order valence-corrected chi connectivity index (χ2v) is 4.07. The molecular formula is C10H25N5. The molecule has 5 nitrogen and oxygen atoms in total. The van der Waals surface area contributed by atoms with Crippen LogP contribution < -0.4 is 22.1 Å². The highest BCUT2D eigenvalue weighted by molar-refractivity contribution is 4.76. The van der Waals surface area contributed by atoms with Crippen molar-refractivity contribution in [3.8, 4) is 0 Å². The summed E-state index contributed by atoms with van der Waals surface area (Å²) >= 11 is 0. The zero-order valence-electron chi connectivity index (χ0n) is 9.54. The molecule has 1 aliphatic rings. The molecule has 1 fully saturated rings. The lowest BCUT2D eigenvalue weighted by Crippen LogP contribution is -2.50. The van der Waals surface area contributed by atoms with E-state index in [1.807, 2.05) is 0 Å². The zero-order chi connectivity index (χ0) is 10.9. The van der Waals surface area contributed by atoms with Crippen molar-refractivity contribution in [1.82, 2.24) is 15.5 Å². The first-order valence-corrected chi connectivity index (χ1v) is 5.93. The Labute approximate surface area is 92.6 Å². The zero-order valence-corrected chi connectivity index (χ0v) is 9.54. The van der Waals surface area contributed by atoms with E-state index in [-0.39, 0.29) is 0 Å². The molecule has 0 aromatic heterocycles. The van der Waals surface area contributed by atoms with Crippen LogP contribution in [0.4, 0.5) is 0 Å². The van der Waals surface area contributed by atoms with Gasteiger partial charge in [-0.2, -0.15) is 0 Å². The van der Waals surface area contributed by atoms with Gasteiger partial charge in [-0.1, -0.05) is 0 Å². The molecule has 0 radical (unpaired) electrons. The van der Waals surface area contributed by atoms with Gasteiger partial charge in [-0.05, 0) is 13.0 Å². The molecule has 1 aliphatic heterocycles. The summed E-state index contributed by atoms with van der Waals surface area (Å²) in [7, 11) is 0. The first kappa shape index (κ1) is 12.9. The van der Waals surface area contributed by atoms with E-state index in [0.29, 0.717) is 12.6 Å². The minimum Gasteiger partial charge on any atom is -0.330 e. The average Bonchev–Trinajstić information content (AvgIpc) is 2.28. The van der Waals surface area contributed by atoms with Gasteiger partial charge in [-0.25, -0.2) is 0 Å². The van der Waals surface area contributed by atoms with Crippen LogP contribution in [0, 0.1) is 0 Å². The Balaban J connectivity index is 2.21. The maximum absolute atomic E-state index is 5.60. The molecule has 0 saturated carbocycles. The minimum atomic E-state index is 0.497. The maximum atomic E-state index is 5.60. The summed E-state index contributed by atoms with van der Waals surface area (Å²) in [6.45, 7) is 7.92. The van der Waals surface area contributed by atoms with Crippen molar-refractivity contribution in [1.29, 1.82) is 0 Å². The third-order valence-electron chi connectivity index (χ3n) is 2.78. The van der Waals surface area contributed by atoms with Crippen LogP contribution in [0.3, 0.4) is 0 Å². The molecule has 15 heavy (non-hydrogen) atoms. The van der Waals surface area contributed by atoms with Crippen molar-refractivity contribution in [2.45, 2.75) is 12.5 Å². The van der Waals surface area contributed by atoms with E-state index in [2.05, 4.69) is 15.5 Å². The normalized spacial score (nSPS) is 20.4. The Kier molecular flexibility index (Phi) is 6.87. The third-order valence-corrected chi connectivity index (χ3v) is 2.78. The standard InChI is InChI=1S/C10H25N5/c11-2-1-10(14-4-3-12)9-15-7-5-13-6-8-15/h10,13-14H,1-9,11-12H2. The van der Waals surface area contributed by atoms with Gasteiger partial charge in [0, 0.05) is 51.9 Å². The fraction of sp³-hybridized carbons (Fsp3) is 1.00. The smallest absolute Gasteiger partial charge is 0.0207 e. The van der Waals surface area contributed by atoms with Crippen molar-refractivity contribution < 1.29 is 0 Å². The first-order valence-electron chi connectivity index (χ1n) is 5.93. The van der Waals surface area contributed by atoms with Crippen LogP contribution in [0.1, 0.15) is 6.42 Å². The number of nitrogens with two attached hydrogens (primary N) is 2. The topological polar surface area (TPSA) is 79.3 Å². The van der Waals surface area contributed by atoms with Crippen LogP contribution in [0.5, 0.6) is 0 Å². The quantitative estimate of drug-likeness (QED) is 0.401. The monoisotopic (exact) mass is 215 g/mol. The Bertz CT molecular complexity index is 147. The van der Waals surface area contributed by atoms with Crippen LogP contribution >= 0.6 is 0 Å². The maximum Gasteiger partial charge on any atom is 0.0207 e. The molecule has 1 unspecified atom stereocenters. The Morgan fingerprint density at radius 1 is 1.20 bits per heavy atom. The lowest BCUT2D eigenvalue weighted by molar-refractivity contribution is 0.212. The van der Waals surface area contributed by atoms with Crippen LogP contribution in [0.2, 0.25) is 0 Å². The summed E-state index contributed by atoms with van der Waals surface area (Å²) in [5.41, 5.74) is 11.1. The van der Waals surface area contributed by atoms with Gasteiger partial charge < -0.3 is 22.1 Å². The Hall–Kier alpha value is -0.200. The van der Waals surface area contributed by atoms with Gasteiger partial charge in [0.25, 0.3) is 0 Å². The SMILES string of the molecule is NCCNC(CCN)CN1CCNCC1. The summed E-state index contributed by atoms with van der Waals surface area (Å²) in [6, 6.07) is 0.497. The predicted octanol–water partition coefficient (Wildman–Crippen LogP) is -1.84. The van der Waals surface area contributed by atoms with Gasteiger partial charge in [0.05, 0.1) is 0 Å². The van der Waals surface area contributed by atoms with E-state index in [4.69, 9.17) is 11.5 Å². The van der Waals surface area contributed by atoms with Gasteiger partial charge in [-0.15, -0.1) is 0 Å². The molecule has 1 atom stereocenters. The fourth-order valence-electron chi connectivity index (χ4n) is 1.95. The van der Waals surface area contributed by atoms with Crippen molar-refractivity contribution in [3.05, 3.63) is 0 Å². The number of hydrogen-bond donors (Lipinski definition) is 4. The highest BCUT2D eigenvalue weighted by Crippen LogP contribution is 1.98. The van der Waals surface area contributed by atoms with E-state index < -0.39 is 0 Å². The minimum absolute atomic E-state index is 0.497. The molecule has 6 N–H and O–H groups in total. The van der Waals surface area contributed by atoms with Gasteiger partial charge >= 0.3 is 0 Å². The van der Waals surface area contributed by atoms with Crippen LogP contribution in [-0.2, 0) is 0 Å². The second-order valence-electron chi connectivity index (χ2n) is 4.07. The van der Waals surface area contributed by atoms with Crippen LogP contribution in [0.25, 0.3) is 0 Å². The lowest BCUT2D eigenvalue weighted by atomic mass is 10.2. The summed E-state index contributed by atoms with van der Waals surface area (Å²) < 4.78 is 0. The summed E-state index contributed by atoms with van der Waals surface area (Å²) in [6.07, 6.45) is 1.03. The molecule has 1 rings (SSSR count). The van der Waals surface area contributed by atoms with Crippen molar-refractivity contribution in [2.24, 2.45) is 11.5 Å². The molecule has 0 aromatic carbocycles. The van der Waals surface area contributed by atoms with Gasteiger partial charge in [0.1, 0.15) is 0 Å². The van der Waals surface area contributed by atoms with Crippen LogP contribution in [-0.4, -0.2) is 63.3 Å². The fourth-order valence-corrected chi connectivity index (χ4v) is 1.95. The number of nitrogens with zero attached hydrogens (tertiary/aromatic N) is 1. The average molecular weight is 215 g/mol. The second kappa shape index (κ2) is 8.01. The number of rotatable bonds is 7.